The average molecular weight is 313 g/mol. The number of carboxylic acids is 1. The minimum atomic E-state index is -0.738. The first-order valence-electron chi connectivity index (χ1n) is 7.63. The lowest BCUT2D eigenvalue weighted by atomic mass is 9.98. The van der Waals surface area contributed by atoms with E-state index in [0.717, 1.165) is 42.2 Å². The first-order valence-corrected chi connectivity index (χ1v) is 7.63. The molecule has 2 heterocycles. The van der Waals surface area contributed by atoms with Crippen molar-refractivity contribution in [2.45, 2.75) is 12.8 Å². The van der Waals surface area contributed by atoms with E-state index in [0.29, 0.717) is 6.54 Å². The van der Waals surface area contributed by atoms with Crippen LogP contribution in [0.3, 0.4) is 0 Å². The molecule has 1 aromatic carbocycles. The van der Waals surface area contributed by atoms with Crippen LogP contribution in [0.15, 0.2) is 36.4 Å². The summed E-state index contributed by atoms with van der Waals surface area (Å²) in [7, 11) is 1.63. The normalized spacial score (nSPS) is 17.8. The van der Waals surface area contributed by atoms with E-state index in [1.54, 1.807) is 7.11 Å². The van der Waals surface area contributed by atoms with Gasteiger partial charge in [0.1, 0.15) is 5.75 Å². The van der Waals surface area contributed by atoms with Gasteiger partial charge in [-0.1, -0.05) is 0 Å². The number of anilines is 1. The number of aliphatic carboxylic acids is 1. The predicted octanol–water partition coefficient (Wildman–Crippen LogP) is 2.45. The highest BCUT2D eigenvalue weighted by Gasteiger charge is 2.26. The van der Waals surface area contributed by atoms with Crippen molar-refractivity contribution >= 4 is 11.8 Å². The van der Waals surface area contributed by atoms with E-state index in [-0.39, 0.29) is 5.92 Å². The summed E-state index contributed by atoms with van der Waals surface area (Å²) < 4.78 is 5.14. The summed E-state index contributed by atoms with van der Waals surface area (Å²) in [4.78, 5) is 13.1. The highest BCUT2D eigenvalue weighted by Crippen LogP contribution is 2.24. The minimum Gasteiger partial charge on any atom is -0.497 e. The number of carbonyl (C=O) groups is 1. The predicted molar refractivity (Wildman–Crippen MR) is 86.6 cm³/mol. The average Bonchev–Trinajstić information content (AvgIpc) is 2.62. The summed E-state index contributed by atoms with van der Waals surface area (Å²) in [6.07, 6.45) is 1.59. The molecule has 1 saturated heterocycles. The Labute approximate surface area is 134 Å². The van der Waals surface area contributed by atoms with Gasteiger partial charge >= 0.3 is 5.97 Å². The van der Waals surface area contributed by atoms with Crippen LogP contribution in [-0.4, -0.2) is 41.5 Å². The molecule has 1 N–H and O–H groups in total. The maximum atomic E-state index is 11.1. The number of methoxy groups -OCH3 is 1. The summed E-state index contributed by atoms with van der Waals surface area (Å²) in [6.45, 7) is 1.31. The van der Waals surface area contributed by atoms with Crippen LogP contribution >= 0.6 is 0 Å². The molecule has 1 unspecified atom stereocenters. The molecule has 1 aliphatic heterocycles. The quantitative estimate of drug-likeness (QED) is 0.934. The zero-order chi connectivity index (χ0) is 16.2. The molecular weight excluding hydrogens is 294 g/mol. The Hall–Kier alpha value is -2.63. The Bertz CT molecular complexity index is 670. The highest BCUT2D eigenvalue weighted by molar-refractivity contribution is 5.71. The lowest BCUT2D eigenvalue weighted by molar-refractivity contribution is -0.141. The van der Waals surface area contributed by atoms with Gasteiger partial charge < -0.3 is 14.7 Å². The molecule has 1 aliphatic rings. The van der Waals surface area contributed by atoms with Gasteiger partial charge in [0, 0.05) is 18.7 Å². The number of nitrogens with zero attached hydrogens (tertiary/aromatic N) is 3. The van der Waals surface area contributed by atoms with E-state index in [1.165, 1.54) is 0 Å². The van der Waals surface area contributed by atoms with Gasteiger partial charge in [0.25, 0.3) is 0 Å². The Kier molecular flexibility index (Phi) is 4.41. The van der Waals surface area contributed by atoms with Gasteiger partial charge in [0.05, 0.1) is 18.7 Å². The number of hydrogen-bond donors (Lipinski definition) is 1. The van der Waals surface area contributed by atoms with Gasteiger partial charge in [0.2, 0.25) is 0 Å². The number of benzene rings is 1. The highest BCUT2D eigenvalue weighted by atomic mass is 16.5. The maximum Gasteiger partial charge on any atom is 0.308 e. The SMILES string of the molecule is COc1ccc(-c2ccc(N3CCCC(C(=O)O)C3)nn2)cc1. The third kappa shape index (κ3) is 3.41. The number of hydrogen-bond acceptors (Lipinski definition) is 5. The third-order valence-electron chi connectivity index (χ3n) is 4.13. The van der Waals surface area contributed by atoms with Crippen LogP contribution in [0.1, 0.15) is 12.8 Å². The molecule has 2 aromatic rings. The smallest absolute Gasteiger partial charge is 0.308 e. The lowest BCUT2D eigenvalue weighted by Gasteiger charge is -2.31. The van der Waals surface area contributed by atoms with Crippen LogP contribution in [0.2, 0.25) is 0 Å². The molecule has 23 heavy (non-hydrogen) atoms. The van der Waals surface area contributed by atoms with Gasteiger partial charge in [-0.2, -0.15) is 0 Å². The van der Waals surface area contributed by atoms with Crippen LogP contribution < -0.4 is 9.64 Å². The van der Waals surface area contributed by atoms with Crippen LogP contribution in [0.5, 0.6) is 5.75 Å². The largest absolute Gasteiger partial charge is 0.497 e. The van der Waals surface area contributed by atoms with Crippen molar-refractivity contribution in [1.82, 2.24) is 10.2 Å². The molecule has 1 fully saturated rings. The van der Waals surface area contributed by atoms with Crippen LogP contribution in [0.4, 0.5) is 5.82 Å². The lowest BCUT2D eigenvalue weighted by Crippen LogP contribution is -2.39. The summed E-state index contributed by atoms with van der Waals surface area (Å²) >= 11 is 0. The van der Waals surface area contributed by atoms with Crippen LogP contribution in [-0.2, 0) is 4.79 Å². The Morgan fingerprint density at radius 2 is 2.00 bits per heavy atom. The second kappa shape index (κ2) is 6.64. The minimum absolute atomic E-state index is 0.327. The number of aromatic nitrogens is 2. The second-order valence-corrected chi connectivity index (χ2v) is 5.63. The maximum absolute atomic E-state index is 11.1. The zero-order valence-electron chi connectivity index (χ0n) is 13.0. The van der Waals surface area contributed by atoms with Crippen molar-refractivity contribution < 1.29 is 14.6 Å². The molecule has 0 aliphatic carbocycles. The van der Waals surface area contributed by atoms with Crippen molar-refractivity contribution in [3.8, 4) is 17.0 Å². The fraction of sp³-hybridized carbons (Fsp3) is 0.353. The van der Waals surface area contributed by atoms with Gasteiger partial charge in [-0.25, -0.2) is 0 Å². The molecule has 6 nitrogen and oxygen atoms in total. The molecule has 6 heteroatoms. The standard InChI is InChI=1S/C17H19N3O3/c1-23-14-6-4-12(5-7-14)15-8-9-16(19-18-15)20-10-2-3-13(11-20)17(21)22/h4-9,13H,2-3,10-11H2,1H3,(H,21,22). The topological polar surface area (TPSA) is 75.5 Å². The fourth-order valence-electron chi connectivity index (χ4n) is 2.80. The summed E-state index contributed by atoms with van der Waals surface area (Å²) in [5, 5.41) is 17.7. The van der Waals surface area contributed by atoms with Crippen molar-refractivity contribution in [3.63, 3.8) is 0 Å². The van der Waals surface area contributed by atoms with Gasteiger partial charge in [-0.3, -0.25) is 4.79 Å². The van der Waals surface area contributed by atoms with Crippen molar-refractivity contribution in [2.24, 2.45) is 5.92 Å². The van der Waals surface area contributed by atoms with Crippen LogP contribution in [0.25, 0.3) is 11.3 Å². The molecule has 0 amide bonds. The van der Waals surface area contributed by atoms with Gasteiger partial charge in [-0.05, 0) is 49.2 Å². The summed E-state index contributed by atoms with van der Waals surface area (Å²) in [5.41, 5.74) is 1.75. The number of carboxylic acid groups (broad SMARTS) is 1. The van der Waals surface area contributed by atoms with Crippen molar-refractivity contribution in [1.29, 1.82) is 0 Å². The third-order valence-corrected chi connectivity index (χ3v) is 4.13. The number of rotatable bonds is 4. The number of piperidine rings is 1. The van der Waals surface area contributed by atoms with E-state index >= 15 is 0 Å². The Balaban J connectivity index is 1.74. The summed E-state index contributed by atoms with van der Waals surface area (Å²) in [5.74, 6) is 0.462. The monoisotopic (exact) mass is 313 g/mol. The summed E-state index contributed by atoms with van der Waals surface area (Å²) in [6, 6.07) is 11.4. The van der Waals surface area contributed by atoms with Crippen LogP contribution in [0, 0.1) is 5.92 Å². The van der Waals surface area contributed by atoms with Crippen molar-refractivity contribution in [2.75, 3.05) is 25.1 Å². The first kappa shape index (κ1) is 15.3. The first-order chi connectivity index (χ1) is 11.2. The van der Waals surface area contributed by atoms with Gasteiger partial charge in [-0.15, -0.1) is 10.2 Å². The van der Waals surface area contributed by atoms with E-state index in [1.807, 2.05) is 41.3 Å². The molecule has 0 spiro atoms. The number of ether oxygens (including phenoxy) is 1. The molecular formula is C17H19N3O3. The Morgan fingerprint density at radius 1 is 1.22 bits per heavy atom. The fourth-order valence-corrected chi connectivity index (χ4v) is 2.80. The van der Waals surface area contributed by atoms with E-state index in [9.17, 15) is 4.79 Å². The zero-order valence-corrected chi connectivity index (χ0v) is 13.0. The molecule has 1 aromatic heterocycles. The molecule has 0 radical (unpaired) electrons. The molecule has 0 bridgehead atoms. The molecule has 0 saturated carbocycles. The molecule has 120 valence electrons. The van der Waals surface area contributed by atoms with Gasteiger partial charge in [0.15, 0.2) is 5.82 Å². The molecule has 3 rings (SSSR count). The van der Waals surface area contributed by atoms with E-state index in [2.05, 4.69) is 10.2 Å². The van der Waals surface area contributed by atoms with Crippen molar-refractivity contribution in [3.05, 3.63) is 36.4 Å². The molecule has 1 atom stereocenters. The second-order valence-electron chi connectivity index (χ2n) is 5.63. The van der Waals surface area contributed by atoms with E-state index in [4.69, 9.17) is 9.84 Å². The van der Waals surface area contributed by atoms with E-state index < -0.39 is 5.97 Å². The Morgan fingerprint density at radius 3 is 2.61 bits per heavy atom.